The summed E-state index contributed by atoms with van der Waals surface area (Å²) in [6, 6.07) is 2.03. The van der Waals surface area contributed by atoms with Crippen LogP contribution in [0.25, 0.3) is 5.69 Å². The lowest BCUT2D eigenvalue weighted by Crippen LogP contribution is -2.01. The molecule has 0 N–H and O–H groups in total. The van der Waals surface area contributed by atoms with Crippen molar-refractivity contribution in [3.63, 3.8) is 0 Å². The van der Waals surface area contributed by atoms with Crippen LogP contribution in [0.3, 0.4) is 0 Å². The molecule has 2 aromatic rings. The Labute approximate surface area is 100 Å². The van der Waals surface area contributed by atoms with Gasteiger partial charge in [-0.1, -0.05) is 0 Å². The molecule has 0 bridgehead atoms. The van der Waals surface area contributed by atoms with Gasteiger partial charge in [-0.25, -0.2) is 4.98 Å². The highest BCUT2D eigenvalue weighted by Gasteiger charge is 2.09. The second-order valence-electron chi connectivity index (χ2n) is 3.87. The molecule has 2 aromatic heterocycles. The molecule has 0 fully saturated rings. The summed E-state index contributed by atoms with van der Waals surface area (Å²) in [4.78, 5) is 8.55. The molecular weight excluding hydrogens is 222 g/mol. The SMILES string of the molecule is Cc1cc(-n2cnc(C)c2C)c(CCl)cn1. The van der Waals surface area contributed by atoms with E-state index in [4.69, 9.17) is 11.6 Å². The maximum atomic E-state index is 5.92. The first-order valence-corrected chi connectivity index (χ1v) is 5.69. The smallest absolute Gasteiger partial charge is 0.0997 e. The first-order chi connectivity index (χ1) is 7.63. The first kappa shape index (κ1) is 11.1. The zero-order chi connectivity index (χ0) is 11.7. The topological polar surface area (TPSA) is 30.7 Å². The summed E-state index contributed by atoms with van der Waals surface area (Å²) >= 11 is 5.92. The Kier molecular flexibility index (Phi) is 2.97. The van der Waals surface area contributed by atoms with E-state index in [9.17, 15) is 0 Å². The third-order valence-corrected chi connectivity index (χ3v) is 3.04. The highest BCUT2D eigenvalue weighted by atomic mass is 35.5. The van der Waals surface area contributed by atoms with Crippen LogP contribution in [0.4, 0.5) is 0 Å². The molecular formula is C12H14ClN3. The molecule has 0 radical (unpaired) electrons. The van der Waals surface area contributed by atoms with Crippen molar-refractivity contribution in [3.05, 3.63) is 41.2 Å². The third-order valence-electron chi connectivity index (χ3n) is 2.75. The number of hydrogen-bond acceptors (Lipinski definition) is 2. The predicted octanol–water partition coefficient (Wildman–Crippen LogP) is 2.93. The van der Waals surface area contributed by atoms with Crippen molar-refractivity contribution in [2.75, 3.05) is 0 Å². The van der Waals surface area contributed by atoms with Gasteiger partial charge in [0.15, 0.2) is 0 Å². The molecule has 0 aromatic carbocycles. The van der Waals surface area contributed by atoms with Crippen molar-refractivity contribution >= 4 is 11.6 Å². The van der Waals surface area contributed by atoms with Crippen LogP contribution in [-0.4, -0.2) is 14.5 Å². The van der Waals surface area contributed by atoms with Gasteiger partial charge >= 0.3 is 0 Å². The molecule has 0 saturated heterocycles. The van der Waals surface area contributed by atoms with E-state index < -0.39 is 0 Å². The summed E-state index contributed by atoms with van der Waals surface area (Å²) in [6.45, 7) is 6.02. The maximum absolute atomic E-state index is 5.92. The average Bonchev–Trinajstić information content (AvgIpc) is 2.60. The van der Waals surface area contributed by atoms with Gasteiger partial charge in [-0.05, 0) is 26.8 Å². The van der Waals surface area contributed by atoms with E-state index in [0.717, 1.165) is 28.3 Å². The number of pyridine rings is 1. The van der Waals surface area contributed by atoms with Gasteiger partial charge in [-0.3, -0.25) is 4.98 Å². The number of hydrogen-bond donors (Lipinski definition) is 0. The van der Waals surface area contributed by atoms with Gasteiger partial charge in [0.25, 0.3) is 0 Å². The lowest BCUT2D eigenvalue weighted by molar-refractivity contribution is 0.967. The molecule has 0 unspecified atom stereocenters. The number of imidazole rings is 1. The molecule has 0 atom stereocenters. The Morgan fingerprint density at radius 2 is 2.00 bits per heavy atom. The van der Waals surface area contributed by atoms with Crippen molar-refractivity contribution < 1.29 is 0 Å². The van der Waals surface area contributed by atoms with Gasteiger partial charge < -0.3 is 4.57 Å². The lowest BCUT2D eigenvalue weighted by atomic mass is 10.2. The van der Waals surface area contributed by atoms with Gasteiger partial charge in [0, 0.05) is 23.1 Å². The first-order valence-electron chi connectivity index (χ1n) is 5.16. The van der Waals surface area contributed by atoms with Crippen molar-refractivity contribution in [3.8, 4) is 5.69 Å². The van der Waals surface area contributed by atoms with Crippen LogP contribution in [0.15, 0.2) is 18.6 Å². The largest absolute Gasteiger partial charge is 0.303 e. The lowest BCUT2D eigenvalue weighted by Gasteiger charge is -2.10. The number of rotatable bonds is 2. The molecule has 0 aliphatic rings. The fraction of sp³-hybridized carbons (Fsp3) is 0.333. The van der Waals surface area contributed by atoms with Crippen molar-refractivity contribution in [2.45, 2.75) is 26.7 Å². The molecule has 2 heterocycles. The van der Waals surface area contributed by atoms with E-state index in [1.54, 1.807) is 0 Å². The van der Waals surface area contributed by atoms with Gasteiger partial charge in [0.05, 0.1) is 23.6 Å². The van der Waals surface area contributed by atoms with E-state index in [-0.39, 0.29) is 0 Å². The third kappa shape index (κ3) is 1.83. The quantitative estimate of drug-likeness (QED) is 0.750. The second kappa shape index (κ2) is 4.26. The normalized spacial score (nSPS) is 10.8. The van der Waals surface area contributed by atoms with Crippen LogP contribution >= 0.6 is 11.6 Å². The Morgan fingerprint density at radius 3 is 2.56 bits per heavy atom. The number of halogens is 1. The van der Waals surface area contributed by atoms with Gasteiger partial charge in [-0.15, -0.1) is 11.6 Å². The second-order valence-corrected chi connectivity index (χ2v) is 4.14. The molecule has 4 heteroatoms. The molecule has 0 aliphatic carbocycles. The predicted molar refractivity (Wildman–Crippen MR) is 65.1 cm³/mol. The zero-order valence-electron chi connectivity index (χ0n) is 9.66. The summed E-state index contributed by atoms with van der Waals surface area (Å²) in [5, 5.41) is 0. The molecule has 3 nitrogen and oxygen atoms in total. The Hall–Kier alpha value is -1.35. The van der Waals surface area contributed by atoms with Crippen LogP contribution in [0, 0.1) is 20.8 Å². The Balaban J connectivity index is 2.62. The summed E-state index contributed by atoms with van der Waals surface area (Å²) in [5.74, 6) is 0.458. The summed E-state index contributed by atoms with van der Waals surface area (Å²) in [7, 11) is 0. The minimum Gasteiger partial charge on any atom is -0.303 e. The standard InChI is InChI=1S/C12H14ClN3/c1-8-4-12(11(5-13)6-14-8)16-7-15-9(2)10(16)3/h4,6-7H,5H2,1-3H3. The van der Waals surface area contributed by atoms with E-state index in [2.05, 4.69) is 21.5 Å². The summed E-state index contributed by atoms with van der Waals surface area (Å²) in [6.07, 6.45) is 3.65. The molecule has 0 aliphatic heterocycles. The minimum atomic E-state index is 0.458. The van der Waals surface area contributed by atoms with Crippen LogP contribution in [0.1, 0.15) is 22.6 Å². The van der Waals surface area contributed by atoms with Crippen molar-refractivity contribution in [1.29, 1.82) is 0 Å². The van der Waals surface area contributed by atoms with Crippen LogP contribution in [0.2, 0.25) is 0 Å². The molecule has 0 saturated carbocycles. The molecule has 0 spiro atoms. The van der Waals surface area contributed by atoms with Crippen molar-refractivity contribution in [1.82, 2.24) is 14.5 Å². The van der Waals surface area contributed by atoms with E-state index in [0.29, 0.717) is 5.88 Å². The number of alkyl halides is 1. The van der Waals surface area contributed by atoms with Gasteiger partial charge in [0.1, 0.15) is 0 Å². The zero-order valence-corrected chi connectivity index (χ0v) is 10.4. The van der Waals surface area contributed by atoms with Gasteiger partial charge in [-0.2, -0.15) is 0 Å². The fourth-order valence-corrected chi connectivity index (χ4v) is 1.85. The molecule has 0 amide bonds. The molecule has 16 heavy (non-hydrogen) atoms. The summed E-state index contributed by atoms with van der Waals surface area (Å²) in [5.41, 5.74) is 5.25. The number of aromatic nitrogens is 3. The molecule has 2 rings (SSSR count). The maximum Gasteiger partial charge on any atom is 0.0997 e. The van der Waals surface area contributed by atoms with E-state index in [1.807, 2.05) is 32.4 Å². The highest BCUT2D eigenvalue weighted by molar-refractivity contribution is 6.17. The number of nitrogens with zero attached hydrogens (tertiary/aromatic N) is 3. The monoisotopic (exact) mass is 235 g/mol. The van der Waals surface area contributed by atoms with E-state index in [1.165, 1.54) is 0 Å². The number of aryl methyl sites for hydroxylation is 2. The Morgan fingerprint density at radius 1 is 1.25 bits per heavy atom. The fourth-order valence-electron chi connectivity index (χ4n) is 1.64. The van der Waals surface area contributed by atoms with Crippen molar-refractivity contribution in [2.24, 2.45) is 0 Å². The average molecular weight is 236 g/mol. The Bertz CT molecular complexity index is 517. The van der Waals surface area contributed by atoms with Crippen LogP contribution < -0.4 is 0 Å². The highest BCUT2D eigenvalue weighted by Crippen LogP contribution is 2.19. The summed E-state index contributed by atoms with van der Waals surface area (Å²) < 4.78 is 2.06. The van der Waals surface area contributed by atoms with Crippen LogP contribution in [0.5, 0.6) is 0 Å². The minimum absolute atomic E-state index is 0.458. The van der Waals surface area contributed by atoms with Gasteiger partial charge in [0.2, 0.25) is 0 Å². The van der Waals surface area contributed by atoms with Crippen LogP contribution in [-0.2, 0) is 5.88 Å². The molecule has 84 valence electrons. The van der Waals surface area contributed by atoms with E-state index >= 15 is 0 Å².